The summed E-state index contributed by atoms with van der Waals surface area (Å²) < 4.78 is 18.6. The zero-order chi connectivity index (χ0) is 17.2. The van der Waals surface area contributed by atoms with Gasteiger partial charge in [0.25, 0.3) is 0 Å². The first-order valence-electron chi connectivity index (χ1n) is 7.78. The lowest BCUT2D eigenvalue weighted by atomic mass is 9.87. The molecule has 0 amide bonds. The van der Waals surface area contributed by atoms with Crippen LogP contribution in [0.4, 0.5) is 4.39 Å². The Morgan fingerprint density at radius 3 is 1.92 bits per heavy atom. The molecule has 3 nitrogen and oxygen atoms in total. The summed E-state index contributed by atoms with van der Waals surface area (Å²) in [6.07, 6.45) is 3.33. The van der Waals surface area contributed by atoms with Gasteiger partial charge in [0.15, 0.2) is 0 Å². The largest absolute Gasteiger partial charge is 0.424 e. The van der Waals surface area contributed by atoms with Gasteiger partial charge in [0, 0.05) is 18.0 Å². The highest BCUT2D eigenvalue weighted by Crippen LogP contribution is 2.26. The fraction of sp³-hybridized carbons (Fsp3) is 0.200. The molecule has 0 fully saturated rings. The number of hydrogen-bond acceptors (Lipinski definition) is 3. The van der Waals surface area contributed by atoms with Gasteiger partial charge in [-0.25, -0.2) is 14.4 Å². The first kappa shape index (κ1) is 16.1. The summed E-state index contributed by atoms with van der Waals surface area (Å²) in [6.45, 7) is 6.50. The summed E-state index contributed by atoms with van der Waals surface area (Å²) in [6, 6.07) is 14.4. The normalized spacial score (nSPS) is 11.3. The van der Waals surface area contributed by atoms with E-state index < -0.39 is 0 Å². The molecule has 1 aromatic heterocycles. The zero-order valence-electron chi connectivity index (χ0n) is 14.0. The molecule has 0 aliphatic rings. The van der Waals surface area contributed by atoms with Crippen LogP contribution in [-0.4, -0.2) is 9.97 Å². The summed E-state index contributed by atoms with van der Waals surface area (Å²) in [7, 11) is 0. The van der Waals surface area contributed by atoms with Crippen molar-refractivity contribution in [1.82, 2.24) is 9.97 Å². The fourth-order valence-corrected chi connectivity index (χ4v) is 2.29. The van der Waals surface area contributed by atoms with E-state index in [0.29, 0.717) is 5.75 Å². The van der Waals surface area contributed by atoms with E-state index in [1.807, 2.05) is 24.3 Å². The van der Waals surface area contributed by atoms with Gasteiger partial charge in [-0.15, -0.1) is 0 Å². The van der Waals surface area contributed by atoms with Crippen LogP contribution in [0.25, 0.3) is 11.1 Å². The standard InChI is InChI=1S/C20H19FN2O/c1-20(2,3)16-6-10-18(11-7-16)24-19-22-12-15(13-23-19)14-4-8-17(21)9-5-14/h4-13H,1-3H3. The molecule has 3 rings (SSSR count). The molecule has 0 N–H and O–H groups in total. The molecule has 0 atom stereocenters. The maximum Gasteiger partial charge on any atom is 0.321 e. The van der Waals surface area contributed by atoms with Gasteiger partial charge in [-0.3, -0.25) is 0 Å². The molecule has 0 saturated carbocycles. The van der Waals surface area contributed by atoms with E-state index in [1.54, 1.807) is 24.5 Å². The Morgan fingerprint density at radius 1 is 0.792 bits per heavy atom. The van der Waals surface area contributed by atoms with Crippen molar-refractivity contribution in [2.75, 3.05) is 0 Å². The molecule has 24 heavy (non-hydrogen) atoms. The molecule has 2 aromatic carbocycles. The van der Waals surface area contributed by atoms with Gasteiger partial charge < -0.3 is 4.74 Å². The Balaban J connectivity index is 1.73. The predicted molar refractivity (Wildman–Crippen MR) is 92.6 cm³/mol. The molecule has 0 saturated heterocycles. The van der Waals surface area contributed by atoms with Crippen LogP contribution in [0.3, 0.4) is 0 Å². The van der Waals surface area contributed by atoms with E-state index in [4.69, 9.17) is 4.74 Å². The topological polar surface area (TPSA) is 35.0 Å². The molecule has 4 heteroatoms. The second-order valence-electron chi connectivity index (χ2n) is 6.64. The monoisotopic (exact) mass is 322 g/mol. The molecule has 0 unspecified atom stereocenters. The fourth-order valence-electron chi connectivity index (χ4n) is 2.29. The third kappa shape index (κ3) is 3.77. The van der Waals surface area contributed by atoms with Gasteiger partial charge >= 0.3 is 6.01 Å². The van der Waals surface area contributed by atoms with Crippen molar-refractivity contribution in [3.63, 3.8) is 0 Å². The highest BCUT2D eigenvalue weighted by molar-refractivity contribution is 5.61. The first-order chi connectivity index (χ1) is 11.4. The van der Waals surface area contributed by atoms with E-state index in [0.717, 1.165) is 11.1 Å². The number of rotatable bonds is 3. The summed E-state index contributed by atoms with van der Waals surface area (Å²) in [4.78, 5) is 8.43. The van der Waals surface area contributed by atoms with Gasteiger partial charge in [0.2, 0.25) is 0 Å². The minimum atomic E-state index is -0.265. The minimum Gasteiger partial charge on any atom is -0.424 e. The third-order valence-electron chi connectivity index (χ3n) is 3.74. The molecule has 3 aromatic rings. The molecular weight excluding hydrogens is 303 g/mol. The van der Waals surface area contributed by atoms with Crippen LogP contribution in [0.5, 0.6) is 11.8 Å². The molecular formula is C20H19FN2O. The number of benzene rings is 2. The molecule has 1 heterocycles. The smallest absolute Gasteiger partial charge is 0.321 e. The Morgan fingerprint density at radius 2 is 1.38 bits per heavy atom. The third-order valence-corrected chi connectivity index (χ3v) is 3.74. The van der Waals surface area contributed by atoms with Gasteiger partial charge in [-0.05, 0) is 40.8 Å². The van der Waals surface area contributed by atoms with E-state index >= 15 is 0 Å². The van der Waals surface area contributed by atoms with Crippen LogP contribution in [0, 0.1) is 5.82 Å². The molecule has 0 aliphatic heterocycles. The van der Waals surface area contributed by atoms with Crippen molar-refractivity contribution in [1.29, 1.82) is 0 Å². The van der Waals surface area contributed by atoms with Crippen molar-refractivity contribution >= 4 is 0 Å². The number of aromatic nitrogens is 2. The predicted octanol–water partition coefficient (Wildman–Crippen LogP) is 5.37. The minimum absolute atomic E-state index is 0.103. The maximum atomic E-state index is 13.0. The van der Waals surface area contributed by atoms with Crippen LogP contribution in [0.1, 0.15) is 26.3 Å². The van der Waals surface area contributed by atoms with Crippen LogP contribution < -0.4 is 4.74 Å². The van der Waals surface area contributed by atoms with Crippen molar-refractivity contribution in [2.45, 2.75) is 26.2 Å². The quantitative estimate of drug-likeness (QED) is 0.650. The molecule has 0 radical (unpaired) electrons. The lowest BCUT2D eigenvalue weighted by molar-refractivity contribution is 0.441. The summed E-state index contributed by atoms with van der Waals surface area (Å²) in [5.41, 5.74) is 3.01. The van der Waals surface area contributed by atoms with Crippen molar-refractivity contribution in [3.8, 4) is 22.9 Å². The van der Waals surface area contributed by atoms with Gasteiger partial charge in [0.05, 0.1) is 0 Å². The summed E-state index contributed by atoms with van der Waals surface area (Å²) in [5, 5.41) is 0. The first-order valence-corrected chi connectivity index (χ1v) is 7.78. The second-order valence-corrected chi connectivity index (χ2v) is 6.64. The van der Waals surface area contributed by atoms with Crippen LogP contribution in [0.2, 0.25) is 0 Å². The average molecular weight is 322 g/mol. The number of hydrogen-bond donors (Lipinski definition) is 0. The molecule has 122 valence electrons. The van der Waals surface area contributed by atoms with E-state index in [-0.39, 0.29) is 17.2 Å². The zero-order valence-corrected chi connectivity index (χ0v) is 14.0. The molecule has 0 bridgehead atoms. The van der Waals surface area contributed by atoms with E-state index in [9.17, 15) is 4.39 Å². The molecule has 0 aliphatic carbocycles. The van der Waals surface area contributed by atoms with E-state index in [2.05, 4.69) is 30.7 Å². The number of halogens is 1. The number of nitrogens with zero attached hydrogens (tertiary/aromatic N) is 2. The van der Waals surface area contributed by atoms with Crippen LogP contribution >= 0.6 is 0 Å². The van der Waals surface area contributed by atoms with Crippen molar-refractivity contribution < 1.29 is 9.13 Å². The summed E-state index contributed by atoms with van der Waals surface area (Å²) >= 11 is 0. The van der Waals surface area contributed by atoms with Gasteiger partial charge in [-0.1, -0.05) is 45.0 Å². The van der Waals surface area contributed by atoms with E-state index in [1.165, 1.54) is 17.7 Å². The van der Waals surface area contributed by atoms with Crippen LogP contribution in [0.15, 0.2) is 60.9 Å². The average Bonchev–Trinajstić information content (AvgIpc) is 2.56. The highest BCUT2D eigenvalue weighted by Gasteiger charge is 2.13. The lowest BCUT2D eigenvalue weighted by Gasteiger charge is -2.18. The van der Waals surface area contributed by atoms with Crippen molar-refractivity contribution in [2.24, 2.45) is 0 Å². The second kappa shape index (κ2) is 6.40. The SMILES string of the molecule is CC(C)(C)c1ccc(Oc2ncc(-c3ccc(F)cc3)cn2)cc1. The Kier molecular flexibility index (Phi) is 4.30. The molecule has 0 spiro atoms. The Bertz CT molecular complexity index is 804. The lowest BCUT2D eigenvalue weighted by Crippen LogP contribution is -2.10. The van der Waals surface area contributed by atoms with Crippen molar-refractivity contribution in [3.05, 3.63) is 72.3 Å². The maximum absolute atomic E-state index is 13.0. The Hall–Kier alpha value is -2.75. The summed E-state index contributed by atoms with van der Waals surface area (Å²) in [5.74, 6) is 0.427. The van der Waals surface area contributed by atoms with Gasteiger partial charge in [0.1, 0.15) is 11.6 Å². The number of ether oxygens (including phenoxy) is 1. The highest BCUT2D eigenvalue weighted by atomic mass is 19.1. The Labute approximate surface area is 141 Å². The van der Waals surface area contributed by atoms with Crippen LogP contribution in [-0.2, 0) is 5.41 Å². The van der Waals surface area contributed by atoms with Gasteiger partial charge in [-0.2, -0.15) is 0 Å².